The fourth-order valence-corrected chi connectivity index (χ4v) is 1.45. The van der Waals surface area contributed by atoms with Gasteiger partial charge in [-0.1, -0.05) is 5.16 Å². The second kappa shape index (κ2) is 4.36. The fraction of sp³-hybridized carbons (Fsp3) is 0.0909. The van der Waals surface area contributed by atoms with Crippen LogP contribution in [0.3, 0.4) is 0 Å². The monoisotopic (exact) mass is 253 g/mol. The van der Waals surface area contributed by atoms with Crippen molar-refractivity contribution in [1.29, 1.82) is 0 Å². The molecule has 0 spiro atoms. The van der Waals surface area contributed by atoms with E-state index in [1.165, 1.54) is 13.2 Å². The van der Waals surface area contributed by atoms with Crippen LogP contribution < -0.4 is 4.74 Å². The molecule has 0 radical (unpaired) electrons. The predicted molar refractivity (Wildman–Crippen MR) is 57.1 cm³/mol. The van der Waals surface area contributed by atoms with E-state index in [0.29, 0.717) is 0 Å². The van der Waals surface area contributed by atoms with E-state index in [1.807, 2.05) is 0 Å². The highest BCUT2D eigenvalue weighted by atomic mass is 19.1. The summed E-state index contributed by atoms with van der Waals surface area (Å²) in [5.41, 5.74) is 0.188. The van der Waals surface area contributed by atoms with Crippen LogP contribution in [0.15, 0.2) is 22.7 Å². The third-order valence-electron chi connectivity index (χ3n) is 2.28. The minimum absolute atomic E-state index is 0.0724. The third kappa shape index (κ3) is 1.86. The number of hydrogen-bond donors (Lipinski definition) is 2. The number of phenolic OH excluding ortho intramolecular Hbond substituents is 1. The molecule has 0 fully saturated rings. The Bertz CT molecular complexity index is 607. The minimum Gasteiger partial charge on any atom is -0.504 e. The number of aromatic carboxylic acids is 1. The Kier molecular flexibility index (Phi) is 2.88. The number of halogens is 1. The van der Waals surface area contributed by atoms with E-state index in [9.17, 15) is 14.3 Å². The lowest BCUT2D eigenvalue weighted by Crippen LogP contribution is -1.92. The lowest BCUT2D eigenvalue weighted by atomic mass is 10.1. The van der Waals surface area contributed by atoms with Crippen molar-refractivity contribution in [3.05, 3.63) is 29.8 Å². The molecule has 0 saturated heterocycles. The third-order valence-corrected chi connectivity index (χ3v) is 2.28. The van der Waals surface area contributed by atoms with E-state index in [4.69, 9.17) is 9.84 Å². The molecule has 2 N–H and O–H groups in total. The van der Waals surface area contributed by atoms with Gasteiger partial charge in [0.25, 0.3) is 0 Å². The molecule has 0 atom stereocenters. The highest BCUT2D eigenvalue weighted by molar-refractivity contribution is 5.86. The highest BCUT2D eigenvalue weighted by Gasteiger charge is 2.19. The van der Waals surface area contributed by atoms with Crippen LogP contribution in [-0.2, 0) is 0 Å². The molecule has 94 valence electrons. The van der Waals surface area contributed by atoms with Gasteiger partial charge in [-0.15, -0.1) is 0 Å². The summed E-state index contributed by atoms with van der Waals surface area (Å²) in [6, 6.07) is 3.44. The molecule has 1 heterocycles. The van der Waals surface area contributed by atoms with Crippen molar-refractivity contribution < 1.29 is 28.7 Å². The normalized spacial score (nSPS) is 10.3. The van der Waals surface area contributed by atoms with Gasteiger partial charge >= 0.3 is 5.97 Å². The SMILES string of the molecule is COc1c(F)ccc(-c2cc(C(=O)O)on2)c1O. The van der Waals surface area contributed by atoms with Gasteiger partial charge in [-0.2, -0.15) is 0 Å². The van der Waals surface area contributed by atoms with Crippen LogP contribution in [0.25, 0.3) is 11.3 Å². The fourth-order valence-electron chi connectivity index (χ4n) is 1.45. The average molecular weight is 253 g/mol. The van der Waals surface area contributed by atoms with Gasteiger partial charge in [-0.25, -0.2) is 9.18 Å². The number of carboxylic acid groups (broad SMARTS) is 1. The molecule has 0 bridgehead atoms. The van der Waals surface area contributed by atoms with Gasteiger partial charge in [-0.05, 0) is 12.1 Å². The van der Waals surface area contributed by atoms with E-state index in [1.54, 1.807) is 0 Å². The first-order chi connectivity index (χ1) is 8.54. The average Bonchev–Trinajstić information content (AvgIpc) is 2.79. The molecule has 0 unspecified atom stereocenters. The van der Waals surface area contributed by atoms with Crippen LogP contribution in [0.5, 0.6) is 11.5 Å². The van der Waals surface area contributed by atoms with Gasteiger partial charge in [0, 0.05) is 11.6 Å². The highest BCUT2D eigenvalue weighted by Crippen LogP contribution is 2.38. The number of hydrogen-bond acceptors (Lipinski definition) is 5. The van der Waals surface area contributed by atoms with Crippen molar-refractivity contribution in [3.63, 3.8) is 0 Å². The Labute approximate surface area is 100 Å². The van der Waals surface area contributed by atoms with Crippen LogP contribution in [0.1, 0.15) is 10.6 Å². The first-order valence-corrected chi connectivity index (χ1v) is 4.80. The molecule has 0 saturated carbocycles. The number of methoxy groups -OCH3 is 1. The molecule has 6 nitrogen and oxygen atoms in total. The summed E-state index contributed by atoms with van der Waals surface area (Å²) in [6.07, 6.45) is 0. The van der Waals surface area contributed by atoms with Crippen LogP contribution in [0, 0.1) is 5.82 Å². The molecule has 7 heteroatoms. The summed E-state index contributed by atoms with van der Waals surface area (Å²) >= 11 is 0. The lowest BCUT2D eigenvalue weighted by Gasteiger charge is -2.07. The zero-order chi connectivity index (χ0) is 13.3. The Morgan fingerprint density at radius 2 is 2.22 bits per heavy atom. The van der Waals surface area contributed by atoms with Crippen LogP contribution in [0.2, 0.25) is 0 Å². The molecule has 0 aliphatic carbocycles. The quantitative estimate of drug-likeness (QED) is 0.867. The van der Waals surface area contributed by atoms with E-state index in [2.05, 4.69) is 9.68 Å². The molecule has 0 aliphatic heterocycles. The van der Waals surface area contributed by atoms with E-state index in [0.717, 1.165) is 12.1 Å². The van der Waals surface area contributed by atoms with E-state index >= 15 is 0 Å². The maximum Gasteiger partial charge on any atom is 0.374 e. The molecule has 18 heavy (non-hydrogen) atoms. The van der Waals surface area contributed by atoms with Crippen molar-refractivity contribution in [2.24, 2.45) is 0 Å². The van der Waals surface area contributed by atoms with Gasteiger partial charge in [-0.3, -0.25) is 0 Å². The molecule has 2 rings (SSSR count). The summed E-state index contributed by atoms with van der Waals surface area (Å²) in [6.45, 7) is 0. The number of aromatic nitrogens is 1. The molecular formula is C11H8FNO5. The molecule has 0 amide bonds. The molecular weight excluding hydrogens is 245 g/mol. The first-order valence-electron chi connectivity index (χ1n) is 4.80. The van der Waals surface area contributed by atoms with Crippen molar-refractivity contribution in [1.82, 2.24) is 5.16 Å². The van der Waals surface area contributed by atoms with Crippen LogP contribution in [-0.4, -0.2) is 28.4 Å². The maximum atomic E-state index is 13.3. The number of phenols is 1. The van der Waals surface area contributed by atoms with Crippen LogP contribution in [0.4, 0.5) is 4.39 Å². The zero-order valence-electron chi connectivity index (χ0n) is 9.18. The number of benzene rings is 1. The number of rotatable bonds is 3. The maximum absolute atomic E-state index is 13.3. The summed E-state index contributed by atoms with van der Waals surface area (Å²) in [7, 11) is 1.20. The van der Waals surface area contributed by atoms with E-state index in [-0.39, 0.29) is 22.8 Å². The van der Waals surface area contributed by atoms with E-state index < -0.39 is 17.5 Å². The zero-order valence-corrected chi connectivity index (χ0v) is 9.18. The van der Waals surface area contributed by atoms with Crippen molar-refractivity contribution in [2.75, 3.05) is 7.11 Å². The second-order valence-corrected chi connectivity index (χ2v) is 3.36. The van der Waals surface area contributed by atoms with Crippen molar-refractivity contribution in [3.8, 4) is 22.8 Å². The Hall–Kier alpha value is -2.57. The second-order valence-electron chi connectivity index (χ2n) is 3.36. The lowest BCUT2D eigenvalue weighted by molar-refractivity contribution is 0.0652. The number of carbonyl (C=O) groups is 1. The van der Waals surface area contributed by atoms with Gasteiger partial charge < -0.3 is 19.5 Å². The molecule has 1 aromatic heterocycles. The topological polar surface area (TPSA) is 92.8 Å². The first kappa shape index (κ1) is 11.9. The summed E-state index contributed by atoms with van der Waals surface area (Å²) in [4.78, 5) is 10.6. The molecule has 2 aromatic rings. The molecule has 0 aliphatic rings. The van der Waals surface area contributed by atoms with Crippen molar-refractivity contribution in [2.45, 2.75) is 0 Å². The number of carboxylic acids is 1. The summed E-state index contributed by atoms with van der Waals surface area (Å²) < 4.78 is 22.5. The number of ether oxygens (including phenoxy) is 1. The number of aromatic hydroxyl groups is 1. The summed E-state index contributed by atoms with van der Waals surface area (Å²) in [5.74, 6) is -3.22. The Balaban J connectivity index is 2.53. The molecule has 1 aromatic carbocycles. The van der Waals surface area contributed by atoms with Gasteiger partial charge in [0.1, 0.15) is 5.69 Å². The minimum atomic E-state index is -1.29. The summed E-state index contributed by atoms with van der Waals surface area (Å²) in [5, 5.41) is 21.9. The Morgan fingerprint density at radius 1 is 1.50 bits per heavy atom. The smallest absolute Gasteiger partial charge is 0.374 e. The largest absolute Gasteiger partial charge is 0.504 e. The van der Waals surface area contributed by atoms with Gasteiger partial charge in [0.2, 0.25) is 5.76 Å². The van der Waals surface area contributed by atoms with Crippen molar-refractivity contribution >= 4 is 5.97 Å². The number of nitrogens with zero attached hydrogens (tertiary/aromatic N) is 1. The predicted octanol–water partition coefficient (Wildman–Crippen LogP) is 1.89. The van der Waals surface area contributed by atoms with Gasteiger partial charge in [0.05, 0.1) is 7.11 Å². The standard InChI is InChI=1S/C11H8FNO5/c1-17-10-6(12)3-2-5(9(10)14)7-4-8(11(15)16)18-13-7/h2-4,14H,1H3,(H,15,16). The van der Waals surface area contributed by atoms with Gasteiger partial charge in [0.15, 0.2) is 17.3 Å². The van der Waals surface area contributed by atoms with Crippen LogP contribution >= 0.6 is 0 Å². The Morgan fingerprint density at radius 3 is 2.78 bits per heavy atom.